The highest BCUT2D eigenvalue weighted by molar-refractivity contribution is 7.92. The molecule has 4 aliphatic rings. The second-order valence-electron chi connectivity index (χ2n) is 14.4. The molecule has 2 amide bonds. The molecule has 10 nitrogen and oxygen atoms in total. The number of methoxy groups -OCH3 is 1. The minimum absolute atomic E-state index is 0.0317. The van der Waals surface area contributed by atoms with Crippen LogP contribution in [0.3, 0.4) is 0 Å². The van der Waals surface area contributed by atoms with E-state index in [1.807, 2.05) is 25.1 Å². The second-order valence-corrected chi connectivity index (χ2v) is 17.2. The van der Waals surface area contributed by atoms with Gasteiger partial charge in [-0.2, -0.15) is 5.10 Å². The molecule has 7 rings (SSSR count). The number of hydrogen-bond donors (Lipinski definition) is 1. The van der Waals surface area contributed by atoms with Gasteiger partial charge in [-0.3, -0.25) is 19.0 Å². The van der Waals surface area contributed by atoms with Crippen molar-refractivity contribution in [2.24, 2.45) is 29.2 Å². The highest BCUT2D eigenvalue weighted by atomic mass is 35.5. The van der Waals surface area contributed by atoms with E-state index >= 15 is 0 Å². The van der Waals surface area contributed by atoms with Gasteiger partial charge in [0.2, 0.25) is 0 Å². The van der Waals surface area contributed by atoms with Crippen molar-refractivity contribution in [1.29, 1.82) is 0 Å². The lowest BCUT2D eigenvalue weighted by Crippen LogP contribution is -2.49. The van der Waals surface area contributed by atoms with Gasteiger partial charge in [-0.1, -0.05) is 48.3 Å². The number of halogens is 2. The summed E-state index contributed by atoms with van der Waals surface area (Å²) in [6.07, 6.45) is 11.2. The first-order valence-electron chi connectivity index (χ1n) is 17.3. The maximum absolute atomic E-state index is 14.5. The monoisotopic (exact) mass is 739 g/mol. The number of amides is 2. The molecular formula is C37H43Cl2N5O5S. The Kier molecular flexibility index (Phi) is 9.79. The predicted octanol–water partition coefficient (Wildman–Crippen LogP) is 6.79. The third-order valence-corrected chi connectivity index (χ3v) is 13.3. The molecule has 1 saturated carbocycles. The van der Waals surface area contributed by atoms with Crippen molar-refractivity contribution >= 4 is 50.6 Å². The molecule has 3 aromatic rings. The standard InChI is InChI=1S/C37H43Cl2N5O5S/c1-23-6-4-8-32(48-3)28-12-9-26(28)18-44-21-37(15-5-7-24-16-27(38)11-13-30(24)37)22-49-33-14-10-25(17-31(33)44)35(45)41-50(47,20-23)42-36(46)29-19-43(2)40-34(29)39/h4,8,10-11,13-14,16-17,19,23,26,28,32H,5-7,9,12,15,18,20-22H2,1-3H3,(H,41,42,45,46,47)/b8-4+/t23-,26-,28+,32-,37-,50-/m0/s1. The summed E-state index contributed by atoms with van der Waals surface area (Å²) in [5.74, 6) is -0.211. The highest BCUT2D eigenvalue weighted by Gasteiger charge is 2.44. The van der Waals surface area contributed by atoms with Crippen LogP contribution in [0.1, 0.15) is 70.9 Å². The Bertz CT molecular complexity index is 1970. The zero-order valence-corrected chi connectivity index (χ0v) is 30.9. The Hall–Kier alpha value is -3.38. The van der Waals surface area contributed by atoms with Crippen molar-refractivity contribution in [3.8, 4) is 5.75 Å². The number of carbonyl (C=O) groups excluding carboxylic acids is 2. The van der Waals surface area contributed by atoms with E-state index in [9.17, 15) is 13.8 Å². The summed E-state index contributed by atoms with van der Waals surface area (Å²) < 4.78 is 35.3. The molecule has 1 fully saturated rings. The van der Waals surface area contributed by atoms with Crippen LogP contribution in [0.15, 0.2) is 59.1 Å². The molecule has 0 unspecified atom stereocenters. The fraction of sp³-hybridized carbons (Fsp3) is 0.486. The van der Waals surface area contributed by atoms with Crippen LogP contribution < -0.4 is 14.4 Å². The lowest BCUT2D eigenvalue weighted by atomic mass is 9.68. The third-order valence-electron chi connectivity index (χ3n) is 10.8. The lowest BCUT2D eigenvalue weighted by Gasteiger charge is -2.46. The molecule has 50 heavy (non-hydrogen) atoms. The number of aromatic nitrogens is 2. The summed E-state index contributed by atoms with van der Waals surface area (Å²) >= 11 is 12.6. The van der Waals surface area contributed by atoms with Gasteiger partial charge >= 0.3 is 0 Å². The zero-order chi connectivity index (χ0) is 35.2. The van der Waals surface area contributed by atoms with E-state index in [-0.39, 0.29) is 39.5 Å². The quantitative estimate of drug-likeness (QED) is 0.294. The number of carbonyl (C=O) groups is 2. The summed E-state index contributed by atoms with van der Waals surface area (Å²) in [7, 11) is -0.205. The average Bonchev–Trinajstić information content (AvgIpc) is 3.33. The van der Waals surface area contributed by atoms with Crippen LogP contribution in [-0.4, -0.2) is 64.5 Å². The summed E-state index contributed by atoms with van der Waals surface area (Å²) in [5, 5.41) is 4.72. The maximum Gasteiger partial charge on any atom is 0.286 e. The van der Waals surface area contributed by atoms with E-state index in [0.717, 1.165) is 49.4 Å². The molecule has 2 bridgehead atoms. The number of ether oxygens (including phenoxy) is 2. The van der Waals surface area contributed by atoms with Crippen molar-refractivity contribution in [3.63, 3.8) is 0 Å². The van der Waals surface area contributed by atoms with Crippen LogP contribution in [0, 0.1) is 17.8 Å². The minimum Gasteiger partial charge on any atom is -0.490 e. The number of rotatable bonds is 3. The molecule has 1 N–H and O–H groups in total. The maximum atomic E-state index is 14.5. The first kappa shape index (κ1) is 35.0. The number of allylic oxidation sites excluding steroid dienone is 1. The van der Waals surface area contributed by atoms with Crippen LogP contribution in [0.2, 0.25) is 10.2 Å². The van der Waals surface area contributed by atoms with Crippen molar-refractivity contribution in [2.75, 3.05) is 37.5 Å². The molecule has 0 saturated heterocycles. The Morgan fingerprint density at radius 3 is 2.76 bits per heavy atom. The van der Waals surface area contributed by atoms with Crippen LogP contribution in [0.25, 0.3) is 0 Å². The summed E-state index contributed by atoms with van der Waals surface area (Å²) in [6.45, 7) is 3.89. The average molecular weight is 741 g/mol. The van der Waals surface area contributed by atoms with Gasteiger partial charge in [0.1, 0.15) is 15.7 Å². The molecule has 3 heterocycles. The minimum atomic E-state index is -3.59. The molecule has 6 atom stereocenters. The van der Waals surface area contributed by atoms with Crippen LogP contribution >= 0.6 is 23.2 Å². The normalized spacial score (nSPS) is 30.2. The van der Waals surface area contributed by atoms with Gasteiger partial charge in [0.25, 0.3) is 11.8 Å². The van der Waals surface area contributed by atoms with Gasteiger partial charge in [-0.05, 0) is 97.7 Å². The first-order chi connectivity index (χ1) is 24.0. The van der Waals surface area contributed by atoms with Crippen molar-refractivity contribution in [1.82, 2.24) is 14.5 Å². The topological polar surface area (TPSA) is 115 Å². The second kappa shape index (κ2) is 14.0. The smallest absolute Gasteiger partial charge is 0.286 e. The third kappa shape index (κ3) is 6.94. The fourth-order valence-electron chi connectivity index (χ4n) is 8.18. The Morgan fingerprint density at radius 1 is 1.18 bits per heavy atom. The SMILES string of the molecule is CO[C@H]1/C=C/C[C@H](C)C[S@@](=O)(NC(=O)c2cn(C)nc2Cl)=NC(=O)c2ccc3c(c2)N(C[C@@H]2CC[C@H]21)C[C@@]1(CCCc2cc(Cl)ccc21)CO3. The lowest BCUT2D eigenvalue weighted by molar-refractivity contribution is 0.0131. The largest absolute Gasteiger partial charge is 0.490 e. The molecule has 2 aliphatic heterocycles. The van der Waals surface area contributed by atoms with Crippen LogP contribution in [0.4, 0.5) is 5.69 Å². The summed E-state index contributed by atoms with van der Waals surface area (Å²) in [6, 6.07) is 11.5. The summed E-state index contributed by atoms with van der Waals surface area (Å²) in [4.78, 5) is 29.7. The molecular weight excluding hydrogens is 697 g/mol. The Balaban J connectivity index is 1.31. The highest BCUT2D eigenvalue weighted by Crippen LogP contribution is 2.47. The van der Waals surface area contributed by atoms with E-state index in [0.29, 0.717) is 37.2 Å². The molecule has 2 aromatic carbocycles. The molecule has 1 spiro atoms. The Labute approximate surface area is 303 Å². The van der Waals surface area contributed by atoms with Gasteiger partial charge in [-0.25, -0.2) is 4.21 Å². The number of aryl methyl sites for hydroxylation is 2. The van der Waals surface area contributed by atoms with Crippen molar-refractivity contribution in [2.45, 2.75) is 57.0 Å². The number of fused-ring (bicyclic) bond motifs is 4. The molecule has 1 aromatic heterocycles. The van der Waals surface area contributed by atoms with Gasteiger partial charge in [0.15, 0.2) is 5.15 Å². The van der Waals surface area contributed by atoms with E-state index < -0.39 is 21.7 Å². The summed E-state index contributed by atoms with van der Waals surface area (Å²) in [5.41, 5.74) is 3.37. The molecule has 266 valence electrons. The van der Waals surface area contributed by atoms with E-state index in [1.54, 1.807) is 20.2 Å². The Morgan fingerprint density at radius 2 is 2.02 bits per heavy atom. The van der Waals surface area contributed by atoms with Crippen molar-refractivity contribution in [3.05, 3.63) is 87.2 Å². The number of benzene rings is 2. The zero-order valence-electron chi connectivity index (χ0n) is 28.6. The van der Waals surface area contributed by atoms with E-state index in [4.69, 9.17) is 32.7 Å². The van der Waals surface area contributed by atoms with Gasteiger partial charge in [-0.15, -0.1) is 4.36 Å². The van der Waals surface area contributed by atoms with Crippen molar-refractivity contribution < 1.29 is 23.3 Å². The number of nitrogens with zero attached hydrogens (tertiary/aromatic N) is 4. The molecule has 0 radical (unpaired) electrons. The fourth-order valence-corrected chi connectivity index (χ4v) is 10.5. The van der Waals surface area contributed by atoms with Gasteiger partial charge in [0.05, 0.1) is 29.7 Å². The molecule has 2 aliphatic carbocycles. The number of anilines is 1. The van der Waals surface area contributed by atoms with Crippen LogP contribution in [-0.2, 0) is 33.5 Å². The van der Waals surface area contributed by atoms with E-state index in [2.05, 4.69) is 43.4 Å². The number of nitrogens with one attached hydrogen (secondary N) is 1. The first-order valence-corrected chi connectivity index (χ1v) is 19.7. The van der Waals surface area contributed by atoms with Gasteiger partial charge < -0.3 is 14.4 Å². The van der Waals surface area contributed by atoms with E-state index in [1.165, 1.54) is 22.0 Å². The predicted molar refractivity (Wildman–Crippen MR) is 196 cm³/mol. The number of hydrogen-bond acceptors (Lipinski definition) is 7. The molecule has 13 heteroatoms. The van der Waals surface area contributed by atoms with Crippen LogP contribution in [0.5, 0.6) is 5.75 Å². The van der Waals surface area contributed by atoms with Gasteiger partial charge in [0, 0.05) is 49.4 Å².